The van der Waals surface area contributed by atoms with E-state index in [0.29, 0.717) is 0 Å². The molecule has 0 aliphatic heterocycles. The van der Waals surface area contributed by atoms with Crippen LogP contribution in [-0.4, -0.2) is 0 Å². The number of hydrogen-bond acceptors (Lipinski definition) is 0. The standard InChI is InChI=1S/C10H18/c1-4-10-6-5-8(2)9(3)7-10/h7-8,10H,4-6H2,1-3H3. The van der Waals surface area contributed by atoms with Crippen LogP contribution in [0.1, 0.15) is 40.0 Å². The molecule has 0 aromatic carbocycles. The molecular formula is C10H18. The Kier molecular flexibility index (Phi) is 2.53. The second kappa shape index (κ2) is 3.23. The van der Waals surface area contributed by atoms with E-state index in [1.54, 1.807) is 5.57 Å². The third-order valence-corrected chi connectivity index (χ3v) is 2.77. The summed E-state index contributed by atoms with van der Waals surface area (Å²) >= 11 is 0. The Morgan fingerprint density at radius 3 is 2.70 bits per heavy atom. The summed E-state index contributed by atoms with van der Waals surface area (Å²) in [6.07, 6.45) is 6.61. The highest BCUT2D eigenvalue weighted by atomic mass is 14.2. The molecule has 0 saturated carbocycles. The van der Waals surface area contributed by atoms with Gasteiger partial charge < -0.3 is 0 Å². The molecule has 0 bridgehead atoms. The van der Waals surface area contributed by atoms with Gasteiger partial charge in [-0.2, -0.15) is 0 Å². The van der Waals surface area contributed by atoms with E-state index in [4.69, 9.17) is 0 Å². The quantitative estimate of drug-likeness (QED) is 0.487. The van der Waals surface area contributed by atoms with E-state index >= 15 is 0 Å². The van der Waals surface area contributed by atoms with Crippen molar-refractivity contribution in [3.05, 3.63) is 11.6 Å². The minimum absolute atomic E-state index is 0.850. The zero-order valence-corrected chi connectivity index (χ0v) is 7.35. The maximum absolute atomic E-state index is 2.47. The molecule has 10 heavy (non-hydrogen) atoms. The van der Waals surface area contributed by atoms with Crippen molar-refractivity contribution in [2.45, 2.75) is 40.0 Å². The highest BCUT2D eigenvalue weighted by Crippen LogP contribution is 2.28. The van der Waals surface area contributed by atoms with Crippen LogP contribution in [0.25, 0.3) is 0 Å². The van der Waals surface area contributed by atoms with E-state index in [9.17, 15) is 0 Å². The fourth-order valence-electron chi connectivity index (χ4n) is 1.63. The number of rotatable bonds is 1. The normalized spacial score (nSPS) is 33.7. The van der Waals surface area contributed by atoms with Gasteiger partial charge in [0.05, 0.1) is 0 Å². The van der Waals surface area contributed by atoms with Crippen LogP contribution in [0.4, 0.5) is 0 Å². The van der Waals surface area contributed by atoms with Crippen molar-refractivity contribution in [2.75, 3.05) is 0 Å². The van der Waals surface area contributed by atoms with Crippen molar-refractivity contribution in [3.8, 4) is 0 Å². The van der Waals surface area contributed by atoms with Gasteiger partial charge in [0.1, 0.15) is 0 Å². The lowest BCUT2D eigenvalue weighted by Crippen LogP contribution is -2.09. The second-order valence-corrected chi connectivity index (χ2v) is 3.56. The average Bonchev–Trinajstić information content (AvgIpc) is 1.95. The van der Waals surface area contributed by atoms with Crippen LogP contribution >= 0.6 is 0 Å². The molecule has 2 atom stereocenters. The minimum Gasteiger partial charge on any atom is -0.0822 e. The molecule has 1 aliphatic rings. The fraction of sp³-hybridized carbons (Fsp3) is 0.800. The van der Waals surface area contributed by atoms with Crippen molar-refractivity contribution in [1.29, 1.82) is 0 Å². The van der Waals surface area contributed by atoms with E-state index < -0.39 is 0 Å². The van der Waals surface area contributed by atoms with Gasteiger partial charge in [0, 0.05) is 0 Å². The van der Waals surface area contributed by atoms with Crippen LogP contribution in [-0.2, 0) is 0 Å². The van der Waals surface area contributed by atoms with Crippen LogP contribution in [0.3, 0.4) is 0 Å². The SMILES string of the molecule is CCC1C=C(C)C(C)CC1. The number of hydrogen-bond donors (Lipinski definition) is 0. The fourth-order valence-corrected chi connectivity index (χ4v) is 1.63. The lowest BCUT2D eigenvalue weighted by atomic mass is 9.83. The highest BCUT2D eigenvalue weighted by molar-refractivity contribution is 5.08. The maximum atomic E-state index is 2.47. The van der Waals surface area contributed by atoms with E-state index in [-0.39, 0.29) is 0 Å². The Labute approximate surface area is 64.3 Å². The summed E-state index contributed by atoms with van der Waals surface area (Å²) in [5.74, 6) is 1.74. The third kappa shape index (κ3) is 1.62. The molecule has 0 aromatic heterocycles. The Balaban J connectivity index is 2.56. The summed E-state index contributed by atoms with van der Waals surface area (Å²) in [7, 11) is 0. The lowest BCUT2D eigenvalue weighted by Gasteiger charge is -2.23. The Bertz CT molecular complexity index is 133. The first-order valence-electron chi connectivity index (χ1n) is 4.42. The summed E-state index contributed by atoms with van der Waals surface area (Å²) < 4.78 is 0. The first kappa shape index (κ1) is 7.84. The molecule has 0 radical (unpaired) electrons. The van der Waals surface area contributed by atoms with Crippen molar-refractivity contribution in [2.24, 2.45) is 11.8 Å². The van der Waals surface area contributed by atoms with Gasteiger partial charge in [-0.05, 0) is 38.0 Å². The molecule has 1 rings (SSSR count). The van der Waals surface area contributed by atoms with Crippen LogP contribution < -0.4 is 0 Å². The molecule has 0 spiro atoms. The van der Waals surface area contributed by atoms with Crippen molar-refractivity contribution in [3.63, 3.8) is 0 Å². The third-order valence-electron chi connectivity index (χ3n) is 2.77. The van der Waals surface area contributed by atoms with E-state index in [2.05, 4.69) is 26.8 Å². The second-order valence-electron chi connectivity index (χ2n) is 3.56. The highest BCUT2D eigenvalue weighted by Gasteiger charge is 2.14. The van der Waals surface area contributed by atoms with Crippen molar-refractivity contribution < 1.29 is 0 Å². The molecular weight excluding hydrogens is 120 g/mol. The van der Waals surface area contributed by atoms with Gasteiger partial charge in [0.25, 0.3) is 0 Å². The molecule has 0 saturated heterocycles. The maximum Gasteiger partial charge on any atom is -0.0233 e. The van der Waals surface area contributed by atoms with Crippen molar-refractivity contribution in [1.82, 2.24) is 0 Å². The molecule has 1 aliphatic carbocycles. The minimum atomic E-state index is 0.850. The topological polar surface area (TPSA) is 0 Å². The number of allylic oxidation sites excluding steroid dienone is 2. The molecule has 0 heterocycles. The first-order chi connectivity index (χ1) is 4.74. The Morgan fingerprint density at radius 1 is 1.50 bits per heavy atom. The van der Waals surface area contributed by atoms with Gasteiger partial charge in [-0.25, -0.2) is 0 Å². The van der Waals surface area contributed by atoms with Gasteiger partial charge in [0.15, 0.2) is 0 Å². The molecule has 58 valence electrons. The average molecular weight is 138 g/mol. The predicted molar refractivity (Wildman–Crippen MR) is 45.9 cm³/mol. The largest absolute Gasteiger partial charge is 0.0822 e. The predicted octanol–water partition coefficient (Wildman–Crippen LogP) is 3.39. The monoisotopic (exact) mass is 138 g/mol. The summed E-state index contributed by atoms with van der Waals surface area (Å²) in [6.45, 7) is 6.88. The summed E-state index contributed by atoms with van der Waals surface area (Å²) in [6, 6.07) is 0. The zero-order valence-electron chi connectivity index (χ0n) is 7.35. The van der Waals surface area contributed by atoms with Gasteiger partial charge in [-0.1, -0.05) is 25.5 Å². The van der Waals surface area contributed by atoms with Crippen molar-refractivity contribution >= 4 is 0 Å². The molecule has 2 unspecified atom stereocenters. The van der Waals surface area contributed by atoms with Gasteiger partial charge in [-0.3, -0.25) is 0 Å². The molecule has 0 amide bonds. The van der Waals surface area contributed by atoms with Crippen LogP contribution in [0.5, 0.6) is 0 Å². The summed E-state index contributed by atoms with van der Waals surface area (Å²) in [4.78, 5) is 0. The zero-order chi connectivity index (χ0) is 7.56. The van der Waals surface area contributed by atoms with Crippen LogP contribution in [0, 0.1) is 11.8 Å². The van der Waals surface area contributed by atoms with Crippen LogP contribution in [0.2, 0.25) is 0 Å². The molecule has 0 nitrogen and oxygen atoms in total. The summed E-state index contributed by atoms with van der Waals surface area (Å²) in [5.41, 5.74) is 1.61. The Morgan fingerprint density at radius 2 is 2.20 bits per heavy atom. The molecule has 0 N–H and O–H groups in total. The summed E-state index contributed by atoms with van der Waals surface area (Å²) in [5, 5.41) is 0. The van der Waals surface area contributed by atoms with Gasteiger partial charge in [-0.15, -0.1) is 0 Å². The molecule has 0 heteroatoms. The van der Waals surface area contributed by atoms with Gasteiger partial charge in [0.2, 0.25) is 0 Å². The smallest absolute Gasteiger partial charge is 0.0233 e. The van der Waals surface area contributed by atoms with E-state index in [1.807, 2.05) is 0 Å². The van der Waals surface area contributed by atoms with Crippen LogP contribution in [0.15, 0.2) is 11.6 Å². The van der Waals surface area contributed by atoms with Gasteiger partial charge >= 0.3 is 0 Å². The molecule has 0 aromatic rings. The lowest BCUT2D eigenvalue weighted by molar-refractivity contribution is 0.448. The first-order valence-corrected chi connectivity index (χ1v) is 4.42. The Hall–Kier alpha value is -0.260. The van der Waals surface area contributed by atoms with E-state index in [1.165, 1.54) is 19.3 Å². The molecule has 0 fully saturated rings. The van der Waals surface area contributed by atoms with E-state index in [0.717, 1.165) is 11.8 Å².